The van der Waals surface area contributed by atoms with E-state index in [2.05, 4.69) is 0 Å². The van der Waals surface area contributed by atoms with Crippen LogP contribution in [0.5, 0.6) is 0 Å². The van der Waals surface area contributed by atoms with Crippen LogP contribution >= 0.6 is 11.6 Å². The Balaban J connectivity index is 2.24. The van der Waals surface area contributed by atoms with Crippen LogP contribution in [0.3, 0.4) is 0 Å². The van der Waals surface area contributed by atoms with Crippen molar-refractivity contribution in [1.82, 2.24) is 0 Å². The van der Waals surface area contributed by atoms with E-state index >= 15 is 0 Å². The minimum absolute atomic E-state index is 0.0777. The van der Waals surface area contributed by atoms with Gasteiger partial charge in [-0.1, -0.05) is 24.3 Å². The van der Waals surface area contributed by atoms with Crippen LogP contribution in [-0.4, -0.2) is 5.24 Å². The maximum atomic E-state index is 11.4. The molecule has 14 heavy (non-hydrogen) atoms. The second-order valence-corrected chi connectivity index (χ2v) is 4.18. The van der Waals surface area contributed by atoms with Crippen LogP contribution in [0.15, 0.2) is 24.3 Å². The molecule has 1 fully saturated rings. The Labute approximate surface area is 86.8 Å². The van der Waals surface area contributed by atoms with Gasteiger partial charge in [-0.3, -0.25) is 4.79 Å². The zero-order chi connectivity index (χ0) is 9.76. The molecule has 2 bridgehead atoms. The standard InChI is InChI=1S/C11H9ClO2/c12-10(13)11-6-5-9(14-11)7-3-1-2-4-8(7)11/h1-4,9H,5-6H2/t9?,11-/m1/s1. The Morgan fingerprint density at radius 1 is 1.50 bits per heavy atom. The molecule has 2 aliphatic rings. The van der Waals surface area contributed by atoms with E-state index in [0.717, 1.165) is 24.0 Å². The average molecular weight is 209 g/mol. The minimum atomic E-state index is -0.831. The van der Waals surface area contributed by atoms with Gasteiger partial charge in [0.05, 0.1) is 6.10 Å². The molecule has 0 aliphatic carbocycles. The predicted octanol–water partition coefficient (Wildman–Crippen LogP) is 2.51. The van der Waals surface area contributed by atoms with Crippen LogP contribution in [0.25, 0.3) is 0 Å². The first-order chi connectivity index (χ1) is 6.74. The van der Waals surface area contributed by atoms with Gasteiger partial charge in [-0.2, -0.15) is 0 Å². The van der Waals surface area contributed by atoms with Gasteiger partial charge in [0.15, 0.2) is 5.60 Å². The van der Waals surface area contributed by atoms with Crippen molar-refractivity contribution >= 4 is 16.8 Å². The highest BCUT2D eigenvalue weighted by molar-refractivity contribution is 6.65. The third-order valence-electron chi connectivity index (χ3n) is 3.16. The lowest BCUT2D eigenvalue weighted by Gasteiger charge is -2.21. The number of carbonyl (C=O) groups is 1. The lowest BCUT2D eigenvalue weighted by atomic mass is 9.83. The summed E-state index contributed by atoms with van der Waals surface area (Å²) in [5.41, 5.74) is 1.27. The zero-order valence-electron chi connectivity index (χ0n) is 7.50. The minimum Gasteiger partial charge on any atom is -0.353 e. The van der Waals surface area contributed by atoms with Crippen LogP contribution in [0.4, 0.5) is 0 Å². The second kappa shape index (κ2) is 2.59. The Kier molecular flexibility index (Phi) is 1.56. The summed E-state index contributed by atoms with van der Waals surface area (Å²) >= 11 is 5.63. The summed E-state index contributed by atoms with van der Waals surface area (Å²) in [7, 11) is 0. The molecule has 0 amide bonds. The zero-order valence-corrected chi connectivity index (χ0v) is 8.25. The van der Waals surface area contributed by atoms with Gasteiger partial charge in [0, 0.05) is 0 Å². The molecular weight excluding hydrogens is 200 g/mol. The molecule has 0 N–H and O–H groups in total. The lowest BCUT2D eigenvalue weighted by molar-refractivity contribution is -0.132. The Bertz CT molecular complexity index is 416. The summed E-state index contributed by atoms with van der Waals surface area (Å²) in [6.45, 7) is 0. The van der Waals surface area contributed by atoms with Crippen molar-refractivity contribution < 1.29 is 9.53 Å². The van der Waals surface area contributed by atoms with Crippen molar-refractivity contribution in [2.45, 2.75) is 24.5 Å². The van der Waals surface area contributed by atoms with Crippen molar-refractivity contribution in [3.05, 3.63) is 35.4 Å². The van der Waals surface area contributed by atoms with Gasteiger partial charge in [0.2, 0.25) is 0 Å². The molecule has 0 spiro atoms. The summed E-state index contributed by atoms with van der Waals surface area (Å²) in [5.74, 6) is 0. The van der Waals surface area contributed by atoms with E-state index in [4.69, 9.17) is 16.3 Å². The maximum Gasteiger partial charge on any atom is 0.258 e. The van der Waals surface area contributed by atoms with Gasteiger partial charge in [-0.15, -0.1) is 0 Å². The number of rotatable bonds is 1. The summed E-state index contributed by atoms with van der Waals surface area (Å²) < 4.78 is 5.71. The molecule has 0 saturated carbocycles. The molecule has 1 aromatic carbocycles. The van der Waals surface area contributed by atoms with Crippen molar-refractivity contribution in [3.8, 4) is 0 Å². The van der Waals surface area contributed by atoms with Gasteiger partial charge in [0.1, 0.15) is 0 Å². The average Bonchev–Trinajstić information content (AvgIpc) is 2.75. The smallest absolute Gasteiger partial charge is 0.258 e. The van der Waals surface area contributed by atoms with Crippen LogP contribution in [0, 0.1) is 0 Å². The van der Waals surface area contributed by atoms with E-state index in [1.165, 1.54) is 0 Å². The number of benzene rings is 1. The quantitative estimate of drug-likeness (QED) is 0.663. The highest BCUT2D eigenvalue weighted by Gasteiger charge is 2.54. The number of ether oxygens (including phenoxy) is 1. The Morgan fingerprint density at radius 2 is 2.29 bits per heavy atom. The third kappa shape index (κ3) is 0.830. The van der Waals surface area contributed by atoms with Crippen molar-refractivity contribution in [1.29, 1.82) is 0 Å². The number of hydrogen-bond acceptors (Lipinski definition) is 2. The Morgan fingerprint density at radius 3 is 3.07 bits per heavy atom. The van der Waals surface area contributed by atoms with Crippen LogP contribution in [-0.2, 0) is 15.1 Å². The highest BCUT2D eigenvalue weighted by Crippen LogP contribution is 2.55. The van der Waals surface area contributed by atoms with Gasteiger partial charge in [-0.25, -0.2) is 0 Å². The molecule has 1 unspecified atom stereocenters. The largest absolute Gasteiger partial charge is 0.353 e. The van der Waals surface area contributed by atoms with Gasteiger partial charge in [-0.05, 0) is 35.6 Å². The molecule has 72 valence electrons. The van der Waals surface area contributed by atoms with E-state index in [0.29, 0.717) is 0 Å². The van der Waals surface area contributed by atoms with Crippen LogP contribution < -0.4 is 0 Å². The first-order valence-electron chi connectivity index (χ1n) is 4.71. The lowest BCUT2D eigenvalue weighted by Crippen LogP contribution is -2.29. The van der Waals surface area contributed by atoms with Gasteiger partial charge >= 0.3 is 0 Å². The van der Waals surface area contributed by atoms with Crippen molar-refractivity contribution in [2.75, 3.05) is 0 Å². The van der Waals surface area contributed by atoms with E-state index in [9.17, 15) is 4.79 Å². The molecule has 1 aromatic rings. The van der Waals surface area contributed by atoms with Gasteiger partial charge in [0.25, 0.3) is 5.24 Å². The number of carbonyl (C=O) groups excluding carboxylic acids is 1. The topological polar surface area (TPSA) is 26.3 Å². The predicted molar refractivity (Wildman–Crippen MR) is 52.0 cm³/mol. The molecule has 0 radical (unpaired) electrons. The SMILES string of the molecule is O=C(Cl)[C@]12CCC(O1)c1ccccc12. The Hall–Kier alpha value is -0.860. The summed E-state index contributed by atoms with van der Waals surface area (Å²) in [5, 5.41) is -0.384. The molecule has 2 atom stereocenters. The molecule has 2 heterocycles. The first-order valence-corrected chi connectivity index (χ1v) is 5.09. The summed E-state index contributed by atoms with van der Waals surface area (Å²) in [6.07, 6.45) is 1.70. The van der Waals surface area contributed by atoms with Gasteiger partial charge < -0.3 is 4.74 Å². The summed E-state index contributed by atoms with van der Waals surface area (Å²) in [4.78, 5) is 11.4. The molecule has 2 aliphatic heterocycles. The first kappa shape index (κ1) is 8.45. The van der Waals surface area contributed by atoms with E-state index in [1.54, 1.807) is 0 Å². The molecule has 3 heteroatoms. The maximum absolute atomic E-state index is 11.4. The van der Waals surface area contributed by atoms with Crippen molar-refractivity contribution in [3.63, 3.8) is 0 Å². The van der Waals surface area contributed by atoms with E-state index in [-0.39, 0.29) is 11.3 Å². The molecule has 3 rings (SSSR count). The van der Waals surface area contributed by atoms with E-state index in [1.807, 2.05) is 24.3 Å². The number of fused-ring (bicyclic) bond motifs is 5. The second-order valence-electron chi connectivity index (χ2n) is 3.83. The monoisotopic (exact) mass is 208 g/mol. The fourth-order valence-corrected chi connectivity index (χ4v) is 2.75. The normalized spacial score (nSPS) is 33.1. The fraction of sp³-hybridized carbons (Fsp3) is 0.364. The highest BCUT2D eigenvalue weighted by atomic mass is 35.5. The van der Waals surface area contributed by atoms with Crippen molar-refractivity contribution in [2.24, 2.45) is 0 Å². The van der Waals surface area contributed by atoms with E-state index < -0.39 is 5.60 Å². The molecule has 2 nitrogen and oxygen atoms in total. The molecule has 0 aromatic heterocycles. The third-order valence-corrected chi connectivity index (χ3v) is 3.47. The van der Waals surface area contributed by atoms with Crippen LogP contribution in [0.2, 0.25) is 0 Å². The fourth-order valence-electron chi connectivity index (χ4n) is 2.51. The number of hydrogen-bond donors (Lipinski definition) is 0. The molecular formula is C11H9ClO2. The summed E-state index contributed by atoms with van der Waals surface area (Å²) in [6, 6.07) is 7.84. The molecule has 1 saturated heterocycles. The number of halogens is 1. The van der Waals surface area contributed by atoms with Crippen LogP contribution in [0.1, 0.15) is 30.1 Å².